The van der Waals surface area contributed by atoms with Crippen molar-refractivity contribution in [1.29, 1.82) is 0 Å². The molecule has 6 atom stereocenters. The number of aliphatic hydroxyl groups is 1. The highest BCUT2D eigenvalue weighted by Gasteiger charge is 2.32. The van der Waals surface area contributed by atoms with Gasteiger partial charge in [0.2, 0.25) is 35.4 Å². The number of nitrogens with two attached hydrogens (primary N) is 3. The molecule has 0 fully saturated rings. The second kappa shape index (κ2) is 21.3. The van der Waals surface area contributed by atoms with Crippen LogP contribution >= 0.6 is 0 Å². The molecular weight excluding hydrogens is 628 g/mol. The molecular formula is C31H50N8O9. The summed E-state index contributed by atoms with van der Waals surface area (Å²) < 4.78 is 0. The summed E-state index contributed by atoms with van der Waals surface area (Å²) in [5, 5.41) is 31.2. The van der Waals surface area contributed by atoms with E-state index in [4.69, 9.17) is 17.2 Å². The Labute approximate surface area is 279 Å². The molecule has 1 rings (SSSR count). The highest BCUT2D eigenvalue weighted by Crippen LogP contribution is 2.08. The van der Waals surface area contributed by atoms with Gasteiger partial charge >= 0.3 is 5.97 Å². The van der Waals surface area contributed by atoms with Crippen molar-refractivity contribution in [3.63, 3.8) is 0 Å². The van der Waals surface area contributed by atoms with E-state index >= 15 is 0 Å². The predicted molar refractivity (Wildman–Crippen MR) is 174 cm³/mol. The summed E-state index contributed by atoms with van der Waals surface area (Å²) >= 11 is 0. The Morgan fingerprint density at radius 1 is 0.729 bits per heavy atom. The Kier molecular flexibility index (Phi) is 18.4. The van der Waals surface area contributed by atoms with E-state index in [1.54, 1.807) is 38.1 Å². The minimum Gasteiger partial charge on any atom is -0.480 e. The van der Waals surface area contributed by atoms with Crippen LogP contribution in [0.3, 0.4) is 0 Å². The van der Waals surface area contributed by atoms with Gasteiger partial charge in [0.05, 0.1) is 19.1 Å². The highest BCUT2D eigenvalue weighted by molar-refractivity contribution is 5.97. The summed E-state index contributed by atoms with van der Waals surface area (Å²) in [6, 6.07) is 1.09. The van der Waals surface area contributed by atoms with E-state index < -0.39 is 90.7 Å². The lowest BCUT2D eigenvalue weighted by molar-refractivity contribution is -0.143. The van der Waals surface area contributed by atoms with Crippen LogP contribution in [-0.4, -0.2) is 101 Å². The van der Waals surface area contributed by atoms with E-state index in [9.17, 15) is 43.8 Å². The molecule has 1 aromatic rings. The predicted octanol–water partition coefficient (Wildman–Crippen LogP) is -2.87. The van der Waals surface area contributed by atoms with Gasteiger partial charge < -0.3 is 54.0 Å². The molecule has 0 aliphatic heterocycles. The number of hydrogen-bond donors (Lipinski definition) is 10. The van der Waals surface area contributed by atoms with Crippen molar-refractivity contribution in [3.8, 4) is 0 Å². The van der Waals surface area contributed by atoms with Crippen molar-refractivity contribution < 1.29 is 43.8 Å². The third-order valence-corrected chi connectivity index (χ3v) is 7.14. The lowest BCUT2D eigenvalue weighted by Gasteiger charge is -2.26. The number of carbonyl (C=O) groups excluding carboxylic acids is 6. The Morgan fingerprint density at radius 3 is 1.81 bits per heavy atom. The molecule has 1 aromatic carbocycles. The summed E-state index contributed by atoms with van der Waals surface area (Å²) in [6.07, 6.45) is 0.562. The average molecular weight is 679 g/mol. The van der Waals surface area contributed by atoms with Crippen molar-refractivity contribution in [2.24, 2.45) is 23.1 Å². The zero-order valence-electron chi connectivity index (χ0n) is 27.6. The number of nitrogens with one attached hydrogen (secondary N) is 5. The molecule has 48 heavy (non-hydrogen) atoms. The Balaban J connectivity index is 2.97. The number of amides is 6. The van der Waals surface area contributed by atoms with E-state index in [1.165, 1.54) is 6.92 Å². The fourth-order valence-corrected chi connectivity index (χ4v) is 4.52. The van der Waals surface area contributed by atoms with Crippen LogP contribution in [0.25, 0.3) is 0 Å². The number of aliphatic carboxylic acids is 1. The molecule has 17 heteroatoms. The maximum absolute atomic E-state index is 13.3. The van der Waals surface area contributed by atoms with Crippen LogP contribution in [-0.2, 0) is 40.0 Å². The Hall–Kier alpha value is -4.61. The third-order valence-electron chi connectivity index (χ3n) is 7.14. The summed E-state index contributed by atoms with van der Waals surface area (Å²) in [5.74, 6) is -6.67. The standard InChI is InChI=1S/C31H50N8O9/c1-17(2)13-23(31(47)48)38-28(44)21(11-7-8-12-32)36-29(45)22(15-25(34)41)37-30(46)24(16-40)39-26(42)18(3)35-27(43)20(33)14-19-9-5-4-6-10-19/h4-6,9-10,17-18,20-24,40H,7-8,11-16,32-33H2,1-3H3,(H2,34,41)(H,35,43)(H,36,45)(H,37,46)(H,38,44)(H,39,42)(H,47,48)/t18-,20-,21-,22-,23-,24-/m0/s1. The van der Waals surface area contributed by atoms with Gasteiger partial charge in [-0.15, -0.1) is 0 Å². The first-order chi connectivity index (χ1) is 22.6. The van der Waals surface area contributed by atoms with Gasteiger partial charge in [-0.1, -0.05) is 44.2 Å². The SMILES string of the molecule is CC(C)C[C@H](NC(=O)[C@H](CCCCN)NC(=O)[C@H](CC(N)=O)NC(=O)[C@H](CO)NC(=O)[C@H](C)NC(=O)[C@@H](N)Cc1ccccc1)C(=O)O. The molecule has 0 spiro atoms. The zero-order chi connectivity index (χ0) is 36.4. The summed E-state index contributed by atoms with van der Waals surface area (Å²) in [7, 11) is 0. The number of primary amides is 1. The largest absolute Gasteiger partial charge is 0.480 e. The number of rotatable bonds is 22. The van der Waals surface area contributed by atoms with Crippen molar-refractivity contribution >= 4 is 41.4 Å². The van der Waals surface area contributed by atoms with Crippen LogP contribution in [0.4, 0.5) is 0 Å². The van der Waals surface area contributed by atoms with Crippen molar-refractivity contribution in [3.05, 3.63) is 35.9 Å². The normalized spacial score (nSPS) is 14.7. The summed E-state index contributed by atoms with van der Waals surface area (Å²) in [4.78, 5) is 88.1. The second-order valence-corrected chi connectivity index (χ2v) is 11.9. The van der Waals surface area contributed by atoms with E-state index in [1.807, 2.05) is 6.07 Å². The summed E-state index contributed by atoms with van der Waals surface area (Å²) in [5.41, 5.74) is 17.6. The van der Waals surface area contributed by atoms with Gasteiger partial charge in [0.1, 0.15) is 30.2 Å². The number of carboxylic acid groups (broad SMARTS) is 1. The van der Waals surface area contributed by atoms with Gasteiger partial charge in [-0.25, -0.2) is 4.79 Å². The fourth-order valence-electron chi connectivity index (χ4n) is 4.52. The smallest absolute Gasteiger partial charge is 0.326 e. The minimum atomic E-state index is -1.63. The molecule has 0 saturated heterocycles. The number of benzene rings is 1. The van der Waals surface area contributed by atoms with E-state index in [0.717, 1.165) is 5.56 Å². The monoisotopic (exact) mass is 678 g/mol. The number of unbranched alkanes of at least 4 members (excludes halogenated alkanes) is 1. The maximum Gasteiger partial charge on any atom is 0.326 e. The third kappa shape index (κ3) is 15.3. The number of aliphatic hydroxyl groups excluding tert-OH is 1. The molecule has 0 saturated carbocycles. The molecule has 0 aromatic heterocycles. The van der Waals surface area contributed by atoms with E-state index in [0.29, 0.717) is 19.4 Å². The molecule has 13 N–H and O–H groups in total. The van der Waals surface area contributed by atoms with Crippen LogP contribution in [0.15, 0.2) is 30.3 Å². The molecule has 6 amide bonds. The first-order valence-corrected chi connectivity index (χ1v) is 15.7. The van der Waals surface area contributed by atoms with E-state index in [2.05, 4.69) is 26.6 Å². The van der Waals surface area contributed by atoms with E-state index in [-0.39, 0.29) is 25.2 Å². The van der Waals surface area contributed by atoms with Gasteiger partial charge in [0, 0.05) is 0 Å². The van der Waals surface area contributed by atoms with Crippen LogP contribution in [0.1, 0.15) is 58.4 Å². The zero-order valence-corrected chi connectivity index (χ0v) is 27.6. The molecule has 0 aliphatic carbocycles. The highest BCUT2D eigenvalue weighted by atomic mass is 16.4. The van der Waals surface area contributed by atoms with Crippen LogP contribution in [0.5, 0.6) is 0 Å². The molecule has 268 valence electrons. The lowest BCUT2D eigenvalue weighted by atomic mass is 10.0. The quantitative estimate of drug-likeness (QED) is 0.0556. The number of hydrogen-bond acceptors (Lipinski definition) is 10. The van der Waals surface area contributed by atoms with Crippen molar-refractivity contribution in [1.82, 2.24) is 26.6 Å². The van der Waals surface area contributed by atoms with Gasteiger partial charge in [0.15, 0.2) is 0 Å². The minimum absolute atomic E-state index is 0.0635. The van der Waals surface area contributed by atoms with Crippen molar-refractivity contribution in [2.75, 3.05) is 13.2 Å². The fraction of sp³-hybridized carbons (Fsp3) is 0.581. The summed E-state index contributed by atoms with van der Waals surface area (Å²) in [6.45, 7) is 4.27. The number of carbonyl (C=O) groups is 7. The van der Waals surface area contributed by atoms with Crippen LogP contribution in [0, 0.1) is 5.92 Å². The molecule has 0 unspecified atom stereocenters. The van der Waals surface area contributed by atoms with Gasteiger partial charge in [0.25, 0.3) is 0 Å². The van der Waals surface area contributed by atoms with Crippen LogP contribution in [0.2, 0.25) is 0 Å². The molecule has 0 heterocycles. The van der Waals surface area contributed by atoms with Crippen LogP contribution < -0.4 is 43.8 Å². The number of carboxylic acids is 1. The maximum atomic E-state index is 13.3. The first kappa shape index (κ1) is 41.4. The second-order valence-electron chi connectivity index (χ2n) is 11.9. The van der Waals surface area contributed by atoms with Gasteiger partial charge in [-0.05, 0) is 57.1 Å². The topological polar surface area (TPSA) is 298 Å². The molecule has 0 radical (unpaired) electrons. The average Bonchev–Trinajstić information content (AvgIpc) is 3.02. The molecule has 0 aliphatic rings. The Bertz CT molecular complexity index is 1250. The first-order valence-electron chi connectivity index (χ1n) is 15.7. The Morgan fingerprint density at radius 2 is 1.27 bits per heavy atom. The molecule has 17 nitrogen and oxygen atoms in total. The lowest BCUT2D eigenvalue weighted by Crippen LogP contribution is -2.60. The van der Waals surface area contributed by atoms with Gasteiger partial charge in [-0.3, -0.25) is 28.8 Å². The van der Waals surface area contributed by atoms with Gasteiger partial charge in [-0.2, -0.15) is 0 Å². The van der Waals surface area contributed by atoms with Crippen molar-refractivity contribution in [2.45, 2.75) is 95.5 Å². The molecule has 0 bridgehead atoms.